The monoisotopic (exact) mass is 522 g/mol. The number of hydrogen-bond acceptors (Lipinski definition) is 6. The zero-order valence-electron chi connectivity index (χ0n) is 20.8. The molecule has 4 atom stereocenters. The molecular formula is C24H34N4O7S. The van der Waals surface area contributed by atoms with Crippen molar-refractivity contribution in [2.45, 2.75) is 57.8 Å². The Hall–Kier alpha value is -3.14. The van der Waals surface area contributed by atoms with Crippen LogP contribution in [0.2, 0.25) is 0 Å². The van der Waals surface area contributed by atoms with Crippen molar-refractivity contribution in [1.29, 1.82) is 0 Å². The Morgan fingerprint density at radius 3 is 2.36 bits per heavy atom. The van der Waals surface area contributed by atoms with Crippen molar-refractivity contribution in [3.8, 4) is 12.3 Å². The van der Waals surface area contributed by atoms with Gasteiger partial charge in [0.05, 0.1) is 18.4 Å². The van der Waals surface area contributed by atoms with Crippen LogP contribution in [0, 0.1) is 17.8 Å². The quantitative estimate of drug-likeness (QED) is 0.278. The number of nitrogens with one attached hydrogen (secondary N) is 3. The summed E-state index contributed by atoms with van der Waals surface area (Å²) < 4.78 is 25.1. The number of hydrogen-bond donors (Lipinski definition) is 5. The lowest BCUT2D eigenvalue weighted by atomic mass is 9.80. The molecule has 12 heteroatoms. The number of carbonyl (C=O) groups is 3. The zero-order chi connectivity index (χ0) is 27.3. The molecule has 36 heavy (non-hydrogen) atoms. The maximum atomic E-state index is 13.5. The van der Waals surface area contributed by atoms with Crippen LogP contribution in [0.25, 0.3) is 0 Å². The van der Waals surface area contributed by atoms with Gasteiger partial charge in [0.25, 0.3) is 0 Å². The van der Waals surface area contributed by atoms with Gasteiger partial charge in [-0.1, -0.05) is 31.9 Å². The third kappa shape index (κ3) is 7.94. The second-order valence-electron chi connectivity index (χ2n) is 9.68. The summed E-state index contributed by atoms with van der Waals surface area (Å²) in [6, 6.07) is 4.35. The van der Waals surface area contributed by atoms with Crippen molar-refractivity contribution >= 4 is 27.9 Å². The SMILES string of the molecule is C#Cc1ccc(C(C)NC(=O)[C@@H]2C[C@@H](O)CN2C(=O)C(NC(=O)O)C(C)(C)CCNS(C)(=O)=O)cc1. The van der Waals surface area contributed by atoms with Crippen LogP contribution in [0.4, 0.5) is 4.79 Å². The Labute approximate surface area is 211 Å². The number of carbonyl (C=O) groups excluding carboxylic acids is 2. The Kier molecular flexibility index (Phi) is 9.48. The minimum absolute atomic E-state index is 0.00379. The lowest BCUT2D eigenvalue weighted by molar-refractivity contribution is -0.142. The fourth-order valence-corrected chi connectivity index (χ4v) is 4.62. The van der Waals surface area contributed by atoms with Gasteiger partial charge in [-0.2, -0.15) is 0 Å². The van der Waals surface area contributed by atoms with E-state index in [2.05, 4.69) is 21.3 Å². The standard InChI is InChI=1S/C24H34N4O7S/c1-6-16-7-9-17(10-8-16)15(2)26-21(30)19-13-18(29)14-28(19)22(31)20(27-23(32)33)24(3,4)11-12-25-36(5,34)35/h1,7-10,15,18-20,25,27,29H,11-14H2,2-5H3,(H,26,30)(H,32,33)/t15?,18-,19+,20?/m1/s1. The van der Waals surface area contributed by atoms with Gasteiger partial charge in [0.1, 0.15) is 12.1 Å². The zero-order valence-corrected chi connectivity index (χ0v) is 21.6. The van der Waals surface area contributed by atoms with Crippen LogP contribution in [0.15, 0.2) is 24.3 Å². The largest absolute Gasteiger partial charge is 0.465 e. The molecule has 0 spiro atoms. The molecule has 1 fully saturated rings. The Morgan fingerprint density at radius 1 is 1.22 bits per heavy atom. The molecule has 0 aliphatic carbocycles. The third-order valence-corrected chi connectivity index (χ3v) is 6.96. The summed E-state index contributed by atoms with van der Waals surface area (Å²) in [5, 5.41) is 24.7. The van der Waals surface area contributed by atoms with Gasteiger partial charge >= 0.3 is 6.09 Å². The number of nitrogens with zero attached hydrogens (tertiary/aromatic N) is 1. The minimum atomic E-state index is -3.47. The van der Waals surface area contributed by atoms with E-state index >= 15 is 0 Å². The molecule has 0 bridgehead atoms. The average molecular weight is 523 g/mol. The van der Waals surface area contributed by atoms with E-state index in [0.717, 1.165) is 11.8 Å². The Bertz CT molecular complexity index is 1110. The summed E-state index contributed by atoms with van der Waals surface area (Å²) in [6.45, 7) is 4.86. The second-order valence-corrected chi connectivity index (χ2v) is 11.5. The Morgan fingerprint density at radius 2 is 1.83 bits per heavy atom. The molecule has 0 saturated carbocycles. The molecular weight excluding hydrogens is 488 g/mol. The molecule has 5 N–H and O–H groups in total. The highest BCUT2D eigenvalue weighted by molar-refractivity contribution is 7.88. The number of benzene rings is 1. The fourth-order valence-electron chi connectivity index (χ4n) is 4.15. The summed E-state index contributed by atoms with van der Waals surface area (Å²) in [7, 11) is -3.47. The highest BCUT2D eigenvalue weighted by atomic mass is 32.2. The van der Waals surface area contributed by atoms with Gasteiger partial charge in [0.15, 0.2) is 0 Å². The number of aliphatic hydroxyl groups excluding tert-OH is 1. The van der Waals surface area contributed by atoms with Gasteiger partial charge in [0, 0.05) is 25.1 Å². The summed E-state index contributed by atoms with van der Waals surface area (Å²) in [5.74, 6) is 1.35. The van der Waals surface area contributed by atoms with Gasteiger partial charge in [-0.15, -0.1) is 6.42 Å². The lowest BCUT2D eigenvalue weighted by Crippen LogP contribution is -2.58. The smallest absolute Gasteiger partial charge is 0.405 e. The van der Waals surface area contributed by atoms with Crippen LogP contribution in [0.3, 0.4) is 0 Å². The topological polar surface area (TPSA) is 165 Å². The van der Waals surface area contributed by atoms with E-state index < -0.39 is 57.6 Å². The first-order valence-corrected chi connectivity index (χ1v) is 13.3. The highest BCUT2D eigenvalue weighted by Crippen LogP contribution is 2.30. The number of rotatable bonds is 10. The van der Waals surface area contributed by atoms with Crippen LogP contribution in [-0.2, 0) is 19.6 Å². The van der Waals surface area contributed by atoms with Crippen molar-refractivity contribution in [1.82, 2.24) is 20.3 Å². The van der Waals surface area contributed by atoms with Gasteiger partial charge in [0.2, 0.25) is 21.8 Å². The molecule has 198 valence electrons. The Balaban J connectivity index is 2.21. The number of likely N-dealkylation sites (tertiary alicyclic amines) is 1. The molecule has 1 aliphatic heterocycles. The van der Waals surface area contributed by atoms with Crippen LogP contribution >= 0.6 is 0 Å². The fraction of sp³-hybridized carbons (Fsp3) is 0.542. The van der Waals surface area contributed by atoms with E-state index in [1.807, 2.05) is 0 Å². The van der Waals surface area contributed by atoms with E-state index in [1.54, 1.807) is 45.0 Å². The van der Waals surface area contributed by atoms with Gasteiger partial charge in [-0.05, 0) is 36.5 Å². The van der Waals surface area contributed by atoms with Gasteiger partial charge in [-0.3, -0.25) is 9.59 Å². The highest BCUT2D eigenvalue weighted by Gasteiger charge is 2.46. The molecule has 2 rings (SSSR count). The van der Waals surface area contributed by atoms with Crippen molar-refractivity contribution in [3.63, 3.8) is 0 Å². The first-order chi connectivity index (χ1) is 16.6. The van der Waals surface area contributed by atoms with Crippen molar-refractivity contribution in [2.75, 3.05) is 19.3 Å². The number of terminal acetylenes is 1. The number of sulfonamides is 1. The van der Waals surface area contributed by atoms with E-state index in [0.29, 0.717) is 5.56 Å². The van der Waals surface area contributed by atoms with E-state index in [4.69, 9.17) is 6.42 Å². The van der Waals surface area contributed by atoms with Crippen LogP contribution in [0.1, 0.15) is 50.8 Å². The molecule has 1 aromatic rings. The predicted molar refractivity (Wildman–Crippen MR) is 133 cm³/mol. The average Bonchev–Trinajstić information content (AvgIpc) is 3.17. The molecule has 2 unspecified atom stereocenters. The summed E-state index contributed by atoms with van der Waals surface area (Å²) in [4.78, 5) is 39.3. The molecule has 0 radical (unpaired) electrons. The molecule has 1 aromatic carbocycles. The second kappa shape index (κ2) is 11.7. The first-order valence-electron chi connectivity index (χ1n) is 11.4. The minimum Gasteiger partial charge on any atom is -0.465 e. The molecule has 1 heterocycles. The van der Waals surface area contributed by atoms with Gasteiger partial charge in [-0.25, -0.2) is 17.9 Å². The van der Waals surface area contributed by atoms with Crippen molar-refractivity contribution < 1.29 is 33.0 Å². The molecule has 0 aromatic heterocycles. The number of carboxylic acid groups (broad SMARTS) is 1. The molecule has 1 aliphatic rings. The van der Waals surface area contributed by atoms with Gasteiger partial charge < -0.3 is 25.7 Å². The number of aliphatic hydroxyl groups is 1. The maximum absolute atomic E-state index is 13.5. The maximum Gasteiger partial charge on any atom is 0.405 e. The normalized spacial score (nSPS) is 19.7. The van der Waals surface area contributed by atoms with E-state index in [1.165, 1.54) is 4.90 Å². The molecule has 1 saturated heterocycles. The predicted octanol–water partition coefficient (Wildman–Crippen LogP) is 0.409. The number of amides is 3. The summed E-state index contributed by atoms with van der Waals surface area (Å²) in [5.41, 5.74) is 0.469. The number of β-amino-alcohol motifs (C(OH)–C–C–N with tert-alkyl or cyclic N) is 1. The summed E-state index contributed by atoms with van der Waals surface area (Å²) in [6.07, 6.45) is 4.10. The molecule has 3 amide bonds. The van der Waals surface area contributed by atoms with E-state index in [-0.39, 0.29) is 25.9 Å². The van der Waals surface area contributed by atoms with E-state index in [9.17, 15) is 33.0 Å². The first kappa shape index (κ1) is 29.1. The van der Waals surface area contributed by atoms with Crippen LogP contribution in [0.5, 0.6) is 0 Å². The van der Waals surface area contributed by atoms with Crippen LogP contribution < -0.4 is 15.4 Å². The third-order valence-electron chi connectivity index (χ3n) is 6.23. The summed E-state index contributed by atoms with van der Waals surface area (Å²) >= 11 is 0. The molecule has 11 nitrogen and oxygen atoms in total. The lowest BCUT2D eigenvalue weighted by Gasteiger charge is -2.37. The van der Waals surface area contributed by atoms with Crippen molar-refractivity contribution in [3.05, 3.63) is 35.4 Å². The van der Waals surface area contributed by atoms with Crippen molar-refractivity contribution in [2.24, 2.45) is 5.41 Å². The van der Waals surface area contributed by atoms with Crippen LogP contribution in [-0.4, -0.2) is 79.0 Å².